The van der Waals surface area contributed by atoms with Gasteiger partial charge in [0.1, 0.15) is 0 Å². The third-order valence-corrected chi connectivity index (χ3v) is 14.1. The fourth-order valence-corrected chi connectivity index (χ4v) is 11.6. The number of para-hydroxylation sites is 5. The van der Waals surface area contributed by atoms with E-state index in [-0.39, 0.29) is 0 Å². The second kappa shape index (κ2) is 13.3. The van der Waals surface area contributed by atoms with Gasteiger partial charge >= 0.3 is 0 Å². The summed E-state index contributed by atoms with van der Waals surface area (Å²) in [6.45, 7) is 0. The van der Waals surface area contributed by atoms with Gasteiger partial charge in [0.2, 0.25) is 0 Å². The Balaban J connectivity index is 1.09. The second-order valence-corrected chi connectivity index (χ2v) is 17.2. The average molecular weight is 814 g/mol. The normalized spacial score (nSPS) is 14.6. The minimum Gasteiger partial charge on any atom is -0.310 e. The summed E-state index contributed by atoms with van der Waals surface area (Å²) in [5.41, 5.74) is 20.3. The number of nitrogens with zero attached hydrogens (tertiary/aromatic N) is 3. The summed E-state index contributed by atoms with van der Waals surface area (Å²) >= 11 is 0. The van der Waals surface area contributed by atoms with E-state index in [9.17, 15) is 0 Å². The van der Waals surface area contributed by atoms with Gasteiger partial charge in [0.05, 0.1) is 33.2 Å². The molecule has 0 saturated heterocycles. The predicted molar refractivity (Wildman–Crippen MR) is 266 cm³/mol. The zero-order valence-electron chi connectivity index (χ0n) is 34.9. The van der Waals surface area contributed by atoms with Crippen LogP contribution in [0.2, 0.25) is 0 Å². The average Bonchev–Trinajstić information content (AvgIpc) is 3.99. The first-order chi connectivity index (χ1) is 31.8. The lowest BCUT2D eigenvalue weighted by atomic mass is 9.65. The van der Waals surface area contributed by atoms with Gasteiger partial charge in [-0.05, 0) is 117 Å². The smallest absolute Gasteiger partial charge is 0.0754 e. The fourth-order valence-electron chi connectivity index (χ4n) is 11.6. The van der Waals surface area contributed by atoms with Gasteiger partial charge in [-0.25, -0.2) is 0 Å². The molecule has 0 fully saturated rings. The minimum atomic E-state index is -0.595. The van der Waals surface area contributed by atoms with Crippen molar-refractivity contribution in [1.29, 1.82) is 0 Å². The molecule has 298 valence electrons. The van der Waals surface area contributed by atoms with Crippen LogP contribution in [0.25, 0.3) is 77.2 Å². The number of rotatable bonds is 5. The van der Waals surface area contributed by atoms with Crippen molar-refractivity contribution in [1.82, 2.24) is 9.13 Å². The topological polar surface area (TPSA) is 13.1 Å². The molecule has 14 rings (SSSR count). The summed E-state index contributed by atoms with van der Waals surface area (Å²) in [5.74, 6) is 0. The molecule has 0 bridgehead atoms. The first-order valence-corrected chi connectivity index (χ1v) is 22.2. The van der Waals surface area contributed by atoms with Crippen molar-refractivity contribution in [3.63, 3.8) is 0 Å². The first kappa shape index (κ1) is 35.2. The van der Waals surface area contributed by atoms with E-state index in [1.54, 1.807) is 0 Å². The molecule has 0 radical (unpaired) electrons. The third-order valence-electron chi connectivity index (χ3n) is 14.1. The van der Waals surface area contributed by atoms with E-state index in [1.807, 2.05) is 0 Å². The molecule has 1 atom stereocenters. The van der Waals surface area contributed by atoms with E-state index in [0.717, 1.165) is 22.7 Å². The quantitative estimate of drug-likeness (QED) is 0.169. The van der Waals surface area contributed by atoms with E-state index in [0.29, 0.717) is 0 Å². The Morgan fingerprint density at radius 3 is 1.67 bits per heavy atom. The maximum Gasteiger partial charge on any atom is 0.0754 e. The molecular formula is C61H39N3. The molecule has 12 aromatic rings. The van der Waals surface area contributed by atoms with Gasteiger partial charge in [0.25, 0.3) is 0 Å². The van der Waals surface area contributed by atoms with Crippen LogP contribution in [0, 0.1) is 0 Å². The SMILES string of the molecule is c1ccc(-c2ccc(N(c3ccccc3)c3ccc4c(c3)-c3ccccc3C43c4ccccc4-n4c5ccccc5c5c4c3cc3c4ccccc4n(-c4ccccc4)c35)cc2)cc1. The molecule has 2 aromatic heterocycles. The maximum atomic E-state index is 2.57. The van der Waals surface area contributed by atoms with Crippen molar-refractivity contribution in [2.75, 3.05) is 4.90 Å². The fraction of sp³-hybridized carbons (Fsp3) is 0.0164. The van der Waals surface area contributed by atoms with Crippen LogP contribution < -0.4 is 4.90 Å². The van der Waals surface area contributed by atoms with E-state index in [2.05, 4.69) is 251 Å². The lowest BCUT2D eigenvalue weighted by molar-refractivity contribution is 0.749. The molecule has 2 aliphatic rings. The molecular weight excluding hydrogens is 775 g/mol. The standard InChI is InChI=1S/C61H39N3/c1-4-18-40(19-5-1)41-32-34-44(35-33-41)62(42-20-6-2-7-21-42)45-36-37-52-49(38-45)46-24-10-13-27-51(46)61(52)53-28-14-17-31-57(53)64-56-30-16-12-26-48(56)58-59-50(39-54(61)60(58)64)47-25-11-15-29-55(47)63(59)43-22-8-3-9-23-43/h1-39H. The van der Waals surface area contributed by atoms with Gasteiger partial charge in [-0.3, -0.25) is 0 Å². The maximum absolute atomic E-state index is 2.57. The molecule has 3 heteroatoms. The van der Waals surface area contributed by atoms with Gasteiger partial charge in [0, 0.05) is 44.3 Å². The van der Waals surface area contributed by atoms with Gasteiger partial charge in [-0.2, -0.15) is 0 Å². The summed E-state index contributed by atoms with van der Waals surface area (Å²) in [6, 6.07) is 87.5. The van der Waals surface area contributed by atoms with Crippen LogP contribution in [0.15, 0.2) is 237 Å². The van der Waals surface area contributed by atoms with Crippen LogP contribution >= 0.6 is 0 Å². The number of hydrogen-bond donors (Lipinski definition) is 0. The zero-order chi connectivity index (χ0) is 41.9. The highest BCUT2D eigenvalue weighted by molar-refractivity contribution is 6.28. The minimum absolute atomic E-state index is 0.595. The van der Waals surface area contributed by atoms with Crippen molar-refractivity contribution in [3.8, 4) is 33.6 Å². The lowest BCUT2D eigenvalue weighted by Gasteiger charge is -2.40. The Kier molecular flexibility index (Phi) is 7.32. The molecule has 0 N–H and O–H groups in total. The van der Waals surface area contributed by atoms with Crippen molar-refractivity contribution in [2.45, 2.75) is 5.41 Å². The largest absolute Gasteiger partial charge is 0.310 e. The Bertz CT molecular complexity index is 3820. The summed E-state index contributed by atoms with van der Waals surface area (Å²) in [7, 11) is 0. The van der Waals surface area contributed by atoms with Crippen LogP contribution in [0.5, 0.6) is 0 Å². The molecule has 10 aromatic carbocycles. The van der Waals surface area contributed by atoms with Gasteiger partial charge in [0.15, 0.2) is 0 Å². The Labute approximate surface area is 371 Å². The van der Waals surface area contributed by atoms with Crippen molar-refractivity contribution >= 4 is 60.7 Å². The summed E-state index contributed by atoms with van der Waals surface area (Å²) in [5, 5.41) is 5.06. The highest BCUT2D eigenvalue weighted by Gasteiger charge is 2.51. The van der Waals surface area contributed by atoms with Crippen LogP contribution in [-0.4, -0.2) is 9.13 Å². The second-order valence-electron chi connectivity index (χ2n) is 17.2. The molecule has 64 heavy (non-hydrogen) atoms. The van der Waals surface area contributed by atoms with Gasteiger partial charge < -0.3 is 14.0 Å². The van der Waals surface area contributed by atoms with Crippen LogP contribution in [0.4, 0.5) is 17.1 Å². The highest BCUT2D eigenvalue weighted by Crippen LogP contribution is 2.63. The molecule has 1 spiro atoms. The number of aromatic nitrogens is 2. The predicted octanol–water partition coefficient (Wildman–Crippen LogP) is 15.7. The van der Waals surface area contributed by atoms with E-state index in [1.165, 1.54) is 93.8 Å². The Morgan fingerprint density at radius 2 is 0.891 bits per heavy atom. The Hall–Kier alpha value is -8.40. The van der Waals surface area contributed by atoms with Gasteiger partial charge in [-0.15, -0.1) is 0 Å². The number of hydrogen-bond acceptors (Lipinski definition) is 1. The van der Waals surface area contributed by atoms with Crippen LogP contribution in [-0.2, 0) is 5.41 Å². The van der Waals surface area contributed by atoms with Crippen LogP contribution in [0.1, 0.15) is 22.3 Å². The highest BCUT2D eigenvalue weighted by atomic mass is 15.1. The molecule has 0 saturated carbocycles. The molecule has 0 amide bonds. The summed E-state index contributed by atoms with van der Waals surface area (Å²) in [6.07, 6.45) is 0. The zero-order valence-corrected chi connectivity index (χ0v) is 34.9. The molecule has 3 nitrogen and oxygen atoms in total. The molecule has 1 unspecified atom stereocenters. The summed E-state index contributed by atoms with van der Waals surface area (Å²) < 4.78 is 5.07. The van der Waals surface area contributed by atoms with E-state index in [4.69, 9.17) is 0 Å². The number of fused-ring (bicyclic) bond motifs is 16. The number of benzene rings is 10. The van der Waals surface area contributed by atoms with Crippen molar-refractivity contribution in [3.05, 3.63) is 259 Å². The monoisotopic (exact) mass is 813 g/mol. The Morgan fingerprint density at radius 1 is 0.328 bits per heavy atom. The van der Waals surface area contributed by atoms with Gasteiger partial charge in [-0.1, -0.05) is 164 Å². The van der Waals surface area contributed by atoms with E-state index >= 15 is 0 Å². The van der Waals surface area contributed by atoms with E-state index < -0.39 is 5.41 Å². The molecule has 1 aliphatic carbocycles. The summed E-state index contributed by atoms with van der Waals surface area (Å²) in [4.78, 5) is 2.40. The molecule has 3 heterocycles. The number of anilines is 3. The molecule has 1 aliphatic heterocycles. The van der Waals surface area contributed by atoms with Crippen molar-refractivity contribution in [2.24, 2.45) is 0 Å². The third kappa shape index (κ3) is 4.65. The van der Waals surface area contributed by atoms with Crippen LogP contribution in [0.3, 0.4) is 0 Å². The first-order valence-electron chi connectivity index (χ1n) is 22.2. The lowest BCUT2D eigenvalue weighted by Crippen LogP contribution is -2.33. The van der Waals surface area contributed by atoms with Crippen molar-refractivity contribution < 1.29 is 0 Å².